The maximum Gasteiger partial charge on any atom is 0.564 e. The van der Waals surface area contributed by atoms with Crippen LogP contribution in [0.25, 0.3) is 0 Å². The van der Waals surface area contributed by atoms with Crippen LogP contribution in [0.15, 0.2) is 24.3 Å². The normalized spacial score (nSPS) is 18.8. The molecule has 1 aliphatic heterocycles. The van der Waals surface area contributed by atoms with Crippen molar-refractivity contribution in [2.24, 2.45) is 0 Å². The molecule has 1 aromatic carbocycles. The van der Waals surface area contributed by atoms with Gasteiger partial charge in [-0.15, -0.1) is 0 Å². The summed E-state index contributed by atoms with van der Waals surface area (Å²) in [5.74, 6) is 0.556. The summed E-state index contributed by atoms with van der Waals surface area (Å²) in [6, 6.07) is 7.20. The van der Waals surface area contributed by atoms with E-state index in [9.17, 15) is 9.36 Å². The quantitative estimate of drug-likeness (QED) is 0.594. The molecule has 2 rings (SSSR count). The lowest BCUT2D eigenvalue weighted by Crippen LogP contribution is -2.02. The Morgan fingerprint density at radius 1 is 1.31 bits per heavy atom. The second-order valence-corrected chi connectivity index (χ2v) is 4.07. The number of carbonyl (C=O) groups excluding carboxylic acids is 1. The molecule has 1 heterocycles. The Hall–Kier alpha value is -1.21. The number of carbonyl (C=O) groups is 1. The summed E-state index contributed by atoms with van der Waals surface area (Å²) in [5.41, 5.74) is 0.827. The lowest BCUT2D eigenvalue weighted by molar-refractivity contribution is -0.116. The molecule has 0 aliphatic carbocycles. The number of fused-ring (bicyclic) bond motifs is 1. The third kappa shape index (κ3) is 1.76. The first-order chi connectivity index (χ1) is 6.25. The van der Waals surface area contributed by atoms with E-state index < -0.39 is 8.03 Å². The number of para-hydroxylation sites is 1. The van der Waals surface area contributed by atoms with E-state index in [4.69, 9.17) is 4.52 Å². The molecule has 0 bridgehead atoms. The zero-order chi connectivity index (χ0) is 9.26. The predicted octanol–water partition coefficient (Wildman–Crippen LogP) is 1.93. The van der Waals surface area contributed by atoms with Gasteiger partial charge < -0.3 is 0 Å². The molecule has 0 saturated carbocycles. The van der Waals surface area contributed by atoms with Gasteiger partial charge in [0.2, 0.25) is 6.16 Å². The lowest BCUT2D eigenvalue weighted by atomic mass is 10.1. The molecule has 0 N–H and O–H groups in total. The summed E-state index contributed by atoms with van der Waals surface area (Å²) >= 11 is 0. The monoisotopic (exact) mass is 195 g/mol. The summed E-state index contributed by atoms with van der Waals surface area (Å²) in [6.45, 7) is 0. The number of benzene rings is 1. The van der Waals surface area contributed by atoms with Crippen molar-refractivity contribution < 1.29 is 13.9 Å². The molecule has 0 saturated heterocycles. The SMILES string of the molecule is O=C1Cc2ccccc2O[P+](=O)C1. The van der Waals surface area contributed by atoms with Gasteiger partial charge >= 0.3 is 8.03 Å². The molecule has 1 atom stereocenters. The molecule has 66 valence electrons. The fourth-order valence-corrected chi connectivity index (χ4v) is 2.16. The minimum absolute atomic E-state index is 0.0222. The molecular formula is C9H8O3P+. The van der Waals surface area contributed by atoms with E-state index in [1.54, 1.807) is 12.1 Å². The Balaban J connectivity index is 2.43. The highest BCUT2D eigenvalue weighted by Gasteiger charge is 2.30. The summed E-state index contributed by atoms with van der Waals surface area (Å²) < 4.78 is 16.3. The zero-order valence-corrected chi connectivity index (χ0v) is 7.79. The van der Waals surface area contributed by atoms with Gasteiger partial charge in [-0.2, -0.15) is 0 Å². The van der Waals surface area contributed by atoms with E-state index >= 15 is 0 Å². The van der Waals surface area contributed by atoms with Gasteiger partial charge in [0.1, 0.15) is 0 Å². The molecule has 0 radical (unpaired) electrons. The van der Waals surface area contributed by atoms with Crippen LogP contribution in [-0.2, 0) is 15.8 Å². The van der Waals surface area contributed by atoms with Gasteiger partial charge in [-0.3, -0.25) is 9.32 Å². The first-order valence-electron chi connectivity index (χ1n) is 3.98. The first kappa shape index (κ1) is 8.39. The van der Waals surface area contributed by atoms with E-state index in [0.717, 1.165) is 5.56 Å². The fraction of sp³-hybridized carbons (Fsp3) is 0.222. The number of hydrogen-bond acceptors (Lipinski definition) is 3. The molecule has 0 amide bonds. The van der Waals surface area contributed by atoms with Crippen LogP contribution in [0.4, 0.5) is 0 Å². The minimum Gasteiger partial charge on any atom is -0.294 e. The Bertz CT molecular complexity index is 338. The summed E-state index contributed by atoms with van der Waals surface area (Å²) in [5, 5.41) is 0. The molecule has 1 unspecified atom stereocenters. The molecular weight excluding hydrogens is 187 g/mol. The van der Waals surface area contributed by atoms with Crippen molar-refractivity contribution in [2.45, 2.75) is 6.42 Å². The first-order valence-corrected chi connectivity index (χ1v) is 5.34. The van der Waals surface area contributed by atoms with Crippen LogP contribution in [0.1, 0.15) is 5.56 Å². The average Bonchev–Trinajstić information content (AvgIpc) is 2.20. The zero-order valence-electron chi connectivity index (χ0n) is 6.90. The summed E-state index contributed by atoms with van der Waals surface area (Å²) in [7, 11) is -1.84. The van der Waals surface area contributed by atoms with Gasteiger partial charge in [-0.05, 0) is 10.6 Å². The van der Waals surface area contributed by atoms with E-state index in [1.165, 1.54) is 0 Å². The van der Waals surface area contributed by atoms with Crippen LogP contribution >= 0.6 is 8.03 Å². The third-order valence-corrected chi connectivity index (χ3v) is 2.88. The Labute approximate surface area is 76.6 Å². The van der Waals surface area contributed by atoms with Gasteiger partial charge in [0.25, 0.3) is 0 Å². The predicted molar refractivity (Wildman–Crippen MR) is 48.3 cm³/mol. The van der Waals surface area contributed by atoms with Crippen LogP contribution in [0.2, 0.25) is 0 Å². The highest BCUT2D eigenvalue weighted by molar-refractivity contribution is 7.40. The van der Waals surface area contributed by atoms with E-state index in [-0.39, 0.29) is 11.9 Å². The summed E-state index contributed by atoms with van der Waals surface area (Å²) in [6.07, 6.45) is 0.362. The molecule has 1 aromatic rings. The molecule has 0 fully saturated rings. The van der Waals surface area contributed by atoms with Gasteiger partial charge in [0.15, 0.2) is 11.5 Å². The summed E-state index contributed by atoms with van der Waals surface area (Å²) in [4.78, 5) is 11.2. The average molecular weight is 195 g/mol. The van der Waals surface area contributed by atoms with Crippen molar-refractivity contribution in [1.82, 2.24) is 0 Å². The maximum absolute atomic E-state index is 11.2. The molecule has 4 heteroatoms. The van der Waals surface area contributed by atoms with Crippen molar-refractivity contribution in [3.63, 3.8) is 0 Å². The molecule has 0 spiro atoms. The van der Waals surface area contributed by atoms with Crippen molar-refractivity contribution in [1.29, 1.82) is 0 Å². The van der Waals surface area contributed by atoms with Crippen molar-refractivity contribution in [2.75, 3.05) is 6.16 Å². The van der Waals surface area contributed by atoms with Gasteiger partial charge in [0, 0.05) is 12.0 Å². The number of hydrogen-bond donors (Lipinski definition) is 0. The van der Waals surface area contributed by atoms with Crippen LogP contribution in [0, 0.1) is 0 Å². The van der Waals surface area contributed by atoms with Crippen LogP contribution in [0.5, 0.6) is 5.75 Å². The van der Waals surface area contributed by atoms with Crippen molar-refractivity contribution in [3.8, 4) is 5.75 Å². The Kier molecular flexibility index (Phi) is 2.11. The number of rotatable bonds is 0. The van der Waals surface area contributed by atoms with E-state index in [2.05, 4.69) is 0 Å². The van der Waals surface area contributed by atoms with Crippen LogP contribution in [-0.4, -0.2) is 11.9 Å². The second kappa shape index (κ2) is 3.27. The van der Waals surface area contributed by atoms with E-state index in [0.29, 0.717) is 12.2 Å². The van der Waals surface area contributed by atoms with Gasteiger partial charge in [0.05, 0.1) is 0 Å². The molecule has 3 nitrogen and oxygen atoms in total. The minimum atomic E-state index is -1.84. The van der Waals surface area contributed by atoms with Crippen LogP contribution in [0.3, 0.4) is 0 Å². The van der Waals surface area contributed by atoms with Crippen LogP contribution < -0.4 is 4.52 Å². The standard InChI is InChI=1S/C9H8O3P/c10-8-5-7-3-1-2-4-9(7)12-13(11)6-8/h1-4H,5-6H2/q+1. The highest BCUT2D eigenvalue weighted by atomic mass is 31.1. The number of ketones is 1. The maximum atomic E-state index is 11.2. The Morgan fingerprint density at radius 3 is 2.92 bits per heavy atom. The largest absolute Gasteiger partial charge is 0.564 e. The van der Waals surface area contributed by atoms with Crippen molar-refractivity contribution >= 4 is 13.8 Å². The fourth-order valence-electron chi connectivity index (χ4n) is 1.29. The molecule has 1 aliphatic rings. The second-order valence-electron chi connectivity index (χ2n) is 2.91. The highest BCUT2D eigenvalue weighted by Crippen LogP contribution is 2.33. The van der Waals surface area contributed by atoms with E-state index in [1.807, 2.05) is 12.1 Å². The van der Waals surface area contributed by atoms with Gasteiger partial charge in [-0.25, -0.2) is 0 Å². The Morgan fingerprint density at radius 2 is 2.08 bits per heavy atom. The third-order valence-electron chi connectivity index (χ3n) is 1.87. The lowest BCUT2D eigenvalue weighted by Gasteiger charge is -1.96. The molecule has 13 heavy (non-hydrogen) atoms. The topological polar surface area (TPSA) is 43.4 Å². The molecule has 0 aromatic heterocycles. The number of Topliss-reactive ketones (excluding diaryl/α,β-unsaturated/α-hetero) is 1. The van der Waals surface area contributed by atoms with Gasteiger partial charge in [-0.1, -0.05) is 18.2 Å². The smallest absolute Gasteiger partial charge is 0.294 e. The van der Waals surface area contributed by atoms with Crippen molar-refractivity contribution in [3.05, 3.63) is 29.8 Å².